The molecule has 0 spiro atoms. The molecule has 0 aliphatic carbocycles. The lowest BCUT2D eigenvalue weighted by Crippen LogP contribution is -2.51. The second-order valence-electron chi connectivity index (χ2n) is 4.81. The fourth-order valence-electron chi connectivity index (χ4n) is 2.18. The van der Waals surface area contributed by atoms with E-state index in [9.17, 15) is 26.4 Å². The lowest BCUT2D eigenvalue weighted by Gasteiger charge is -2.29. The van der Waals surface area contributed by atoms with Crippen molar-refractivity contribution in [3.05, 3.63) is 35.4 Å². The number of halogens is 3. The van der Waals surface area contributed by atoms with Gasteiger partial charge in [-0.05, 0) is 17.7 Å². The van der Waals surface area contributed by atoms with Crippen molar-refractivity contribution in [1.82, 2.24) is 5.32 Å². The van der Waals surface area contributed by atoms with Crippen molar-refractivity contribution < 1.29 is 31.5 Å². The number of nitrogens with one attached hydrogen (secondary N) is 1. The number of carboxylic acids is 1. The van der Waals surface area contributed by atoms with Crippen molar-refractivity contribution >= 4 is 15.8 Å². The summed E-state index contributed by atoms with van der Waals surface area (Å²) < 4.78 is 61.4. The highest BCUT2D eigenvalue weighted by atomic mass is 32.2. The number of carboxylic acid groups (broad SMARTS) is 1. The van der Waals surface area contributed by atoms with E-state index >= 15 is 0 Å². The highest BCUT2D eigenvalue weighted by Gasteiger charge is 2.37. The van der Waals surface area contributed by atoms with E-state index in [1.165, 1.54) is 6.07 Å². The van der Waals surface area contributed by atoms with E-state index in [1.807, 2.05) is 0 Å². The molecule has 0 saturated carbocycles. The molecule has 2 rings (SSSR count). The third-order valence-electron chi connectivity index (χ3n) is 3.16. The molecule has 21 heavy (non-hydrogen) atoms. The maximum absolute atomic E-state index is 12.7. The van der Waals surface area contributed by atoms with Gasteiger partial charge in [0.2, 0.25) is 0 Å². The molecule has 1 aliphatic rings. The number of sulfone groups is 1. The monoisotopic (exact) mass is 323 g/mol. The van der Waals surface area contributed by atoms with Gasteiger partial charge < -0.3 is 5.11 Å². The van der Waals surface area contributed by atoms with Gasteiger partial charge in [0, 0.05) is 6.04 Å². The number of hydrogen-bond donors (Lipinski definition) is 2. The number of alkyl halides is 3. The first-order valence-electron chi connectivity index (χ1n) is 5.95. The molecule has 5 nitrogen and oxygen atoms in total. The molecule has 0 amide bonds. The zero-order valence-electron chi connectivity index (χ0n) is 10.6. The van der Waals surface area contributed by atoms with E-state index in [1.54, 1.807) is 0 Å². The summed E-state index contributed by atoms with van der Waals surface area (Å²) in [5.74, 6) is -2.36. The first-order chi connectivity index (χ1) is 9.58. The minimum Gasteiger partial charge on any atom is -0.480 e. The molecule has 0 aromatic heterocycles. The van der Waals surface area contributed by atoms with Crippen LogP contribution in [0, 0.1) is 0 Å². The van der Waals surface area contributed by atoms with Crippen LogP contribution < -0.4 is 5.32 Å². The van der Waals surface area contributed by atoms with Crippen molar-refractivity contribution in [2.24, 2.45) is 0 Å². The summed E-state index contributed by atoms with van der Waals surface area (Å²) in [6.45, 7) is 0. The van der Waals surface area contributed by atoms with Gasteiger partial charge in [-0.15, -0.1) is 0 Å². The van der Waals surface area contributed by atoms with Gasteiger partial charge >= 0.3 is 12.1 Å². The van der Waals surface area contributed by atoms with Crippen molar-refractivity contribution in [2.75, 3.05) is 11.5 Å². The Morgan fingerprint density at radius 2 is 1.95 bits per heavy atom. The molecule has 116 valence electrons. The van der Waals surface area contributed by atoms with Crippen LogP contribution in [-0.2, 0) is 20.8 Å². The molecule has 1 aliphatic heterocycles. The summed E-state index contributed by atoms with van der Waals surface area (Å²) >= 11 is 0. The van der Waals surface area contributed by atoms with Crippen molar-refractivity contribution in [3.63, 3.8) is 0 Å². The molecule has 1 fully saturated rings. The van der Waals surface area contributed by atoms with E-state index in [2.05, 4.69) is 5.32 Å². The van der Waals surface area contributed by atoms with Gasteiger partial charge in [0.15, 0.2) is 9.84 Å². The fourth-order valence-corrected chi connectivity index (χ4v) is 3.86. The molecule has 1 aromatic carbocycles. The SMILES string of the molecule is O=C(O)C1CS(=O)(=O)CC(c2cccc(C(F)(F)F)c2)N1. The molecule has 1 heterocycles. The van der Waals surface area contributed by atoms with Gasteiger partial charge in [-0.25, -0.2) is 8.42 Å². The van der Waals surface area contributed by atoms with Crippen LogP contribution in [0.4, 0.5) is 13.2 Å². The topological polar surface area (TPSA) is 83.5 Å². The average molecular weight is 323 g/mol. The predicted octanol–water partition coefficient (Wildman–Crippen LogP) is 1.22. The number of rotatable bonds is 2. The molecule has 0 radical (unpaired) electrons. The Bertz CT molecular complexity index is 657. The minimum absolute atomic E-state index is 0.0966. The van der Waals surface area contributed by atoms with Crippen LogP contribution in [0.3, 0.4) is 0 Å². The second-order valence-corrected chi connectivity index (χ2v) is 6.96. The van der Waals surface area contributed by atoms with Crippen molar-refractivity contribution in [2.45, 2.75) is 18.3 Å². The van der Waals surface area contributed by atoms with Gasteiger partial charge in [-0.2, -0.15) is 13.2 Å². The summed E-state index contributed by atoms with van der Waals surface area (Å²) in [7, 11) is -3.65. The van der Waals surface area contributed by atoms with Gasteiger partial charge in [-0.3, -0.25) is 10.1 Å². The molecule has 1 aromatic rings. The van der Waals surface area contributed by atoms with Crippen LogP contribution in [0.2, 0.25) is 0 Å². The van der Waals surface area contributed by atoms with Crippen molar-refractivity contribution in [1.29, 1.82) is 0 Å². The highest BCUT2D eigenvalue weighted by molar-refractivity contribution is 7.91. The molecular weight excluding hydrogens is 311 g/mol. The molecule has 2 atom stereocenters. The first-order valence-corrected chi connectivity index (χ1v) is 7.77. The Labute approximate surface area is 118 Å². The van der Waals surface area contributed by atoms with Crippen LogP contribution >= 0.6 is 0 Å². The smallest absolute Gasteiger partial charge is 0.416 e. The molecule has 2 N–H and O–H groups in total. The second kappa shape index (κ2) is 5.30. The zero-order valence-corrected chi connectivity index (χ0v) is 11.4. The molecule has 9 heteroatoms. The summed E-state index contributed by atoms with van der Waals surface area (Å²) in [6.07, 6.45) is -4.55. The Hall–Kier alpha value is -1.61. The summed E-state index contributed by atoms with van der Waals surface area (Å²) in [6, 6.07) is 1.90. The quantitative estimate of drug-likeness (QED) is 0.855. The maximum atomic E-state index is 12.7. The molecule has 2 unspecified atom stereocenters. The van der Waals surface area contributed by atoms with Crippen LogP contribution in [0.25, 0.3) is 0 Å². The van der Waals surface area contributed by atoms with E-state index in [4.69, 9.17) is 5.11 Å². The summed E-state index contributed by atoms with van der Waals surface area (Å²) in [5.41, 5.74) is -0.809. The third kappa shape index (κ3) is 3.73. The highest BCUT2D eigenvalue weighted by Crippen LogP contribution is 2.31. The lowest BCUT2D eigenvalue weighted by atomic mass is 10.0. The van der Waals surface area contributed by atoms with Gasteiger partial charge in [0.1, 0.15) is 6.04 Å². The number of benzene rings is 1. The third-order valence-corrected chi connectivity index (χ3v) is 4.84. The Balaban J connectivity index is 2.35. The van der Waals surface area contributed by atoms with E-state index in [0.29, 0.717) is 0 Å². The largest absolute Gasteiger partial charge is 0.480 e. The zero-order chi connectivity index (χ0) is 15.8. The fraction of sp³-hybridized carbons (Fsp3) is 0.417. The molecule has 0 bridgehead atoms. The summed E-state index contributed by atoms with van der Waals surface area (Å²) in [4.78, 5) is 10.9. The predicted molar refractivity (Wildman–Crippen MR) is 67.4 cm³/mol. The van der Waals surface area contributed by atoms with Crippen LogP contribution in [0.5, 0.6) is 0 Å². The molecular formula is C12H12F3NO4S. The normalized spacial score (nSPS) is 25.5. The van der Waals surface area contributed by atoms with E-state index in [0.717, 1.165) is 18.2 Å². The average Bonchev–Trinajstić information content (AvgIpc) is 2.36. The van der Waals surface area contributed by atoms with Crippen LogP contribution in [0.15, 0.2) is 24.3 Å². The Kier molecular flexibility index (Phi) is 3.98. The Morgan fingerprint density at radius 3 is 2.52 bits per heavy atom. The van der Waals surface area contributed by atoms with Crippen molar-refractivity contribution in [3.8, 4) is 0 Å². The Morgan fingerprint density at radius 1 is 1.29 bits per heavy atom. The first kappa shape index (κ1) is 15.8. The number of carbonyl (C=O) groups is 1. The minimum atomic E-state index is -4.55. The van der Waals surface area contributed by atoms with Gasteiger partial charge in [0.05, 0.1) is 17.1 Å². The van der Waals surface area contributed by atoms with E-state index in [-0.39, 0.29) is 5.56 Å². The lowest BCUT2D eigenvalue weighted by molar-refractivity contribution is -0.139. The summed E-state index contributed by atoms with van der Waals surface area (Å²) in [5, 5.41) is 11.5. The van der Waals surface area contributed by atoms with Gasteiger partial charge in [0.25, 0.3) is 0 Å². The van der Waals surface area contributed by atoms with Gasteiger partial charge in [-0.1, -0.05) is 12.1 Å². The van der Waals surface area contributed by atoms with Crippen LogP contribution in [-0.4, -0.2) is 37.0 Å². The molecule has 1 saturated heterocycles. The number of aliphatic carboxylic acids is 1. The number of hydrogen-bond acceptors (Lipinski definition) is 4. The maximum Gasteiger partial charge on any atom is 0.416 e. The van der Waals surface area contributed by atoms with E-state index < -0.39 is 51.1 Å². The standard InChI is InChI=1S/C12H12F3NO4S/c13-12(14,15)8-3-1-2-7(4-8)9-5-21(19,20)6-10(16-9)11(17)18/h1-4,9-10,16H,5-6H2,(H,17,18). The van der Waals surface area contributed by atoms with Crippen LogP contribution in [0.1, 0.15) is 17.2 Å².